The van der Waals surface area contributed by atoms with Crippen molar-refractivity contribution >= 4 is 11.7 Å². The van der Waals surface area contributed by atoms with Crippen LogP contribution in [0.3, 0.4) is 0 Å². The van der Waals surface area contributed by atoms with E-state index in [4.69, 9.17) is 0 Å². The first-order valence-electron chi connectivity index (χ1n) is 9.51. The quantitative estimate of drug-likeness (QED) is 0.763. The van der Waals surface area contributed by atoms with Crippen molar-refractivity contribution in [3.05, 3.63) is 90.1 Å². The van der Waals surface area contributed by atoms with Crippen LogP contribution in [0, 0.1) is 0 Å². The highest BCUT2D eigenvalue weighted by molar-refractivity contribution is 5.87. The van der Waals surface area contributed by atoms with Gasteiger partial charge in [-0.2, -0.15) is 0 Å². The van der Waals surface area contributed by atoms with Gasteiger partial charge in [-0.3, -0.25) is 4.79 Å². The molecule has 142 valence electrons. The Morgan fingerprint density at radius 2 is 1.39 bits per heavy atom. The van der Waals surface area contributed by atoms with Gasteiger partial charge in [0.15, 0.2) is 0 Å². The highest BCUT2D eigenvalue weighted by Gasteiger charge is 2.30. The van der Waals surface area contributed by atoms with Crippen molar-refractivity contribution < 1.29 is 9.90 Å². The van der Waals surface area contributed by atoms with Crippen LogP contribution < -0.4 is 4.90 Å². The van der Waals surface area contributed by atoms with E-state index in [1.165, 1.54) is 6.20 Å². The van der Waals surface area contributed by atoms with Gasteiger partial charge in [0.25, 0.3) is 0 Å². The highest BCUT2D eigenvalue weighted by atomic mass is 16.3. The van der Waals surface area contributed by atoms with Crippen LogP contribution in [0.25, 0.3) is 0 Å². The number of amides is 1. The van der Waals surface area contributed by atoms with Crippen LogP contribution in [-0.2, 0) is 4.79 Å². The van der Waals surface area contributed by atoms with Crippen LogP contribution >= 0.6 is 0 Å². The van der Waals surface area contributed by atoms with Gasteiger partial charge in [-0.25, -0.2) is 4.98 Å². The lowest BCUT2D eigenvalue weighted by atomic mass is 9.90. The van der Waals surface area contributed by atoms with Crippen LogP contribution in [0.1, 0.15) is 17.0 Å². The van der Waals surface area contributed by atoms with Gasteiger partial charge in [0.05, 0.1) is 12.1 Å². The molecule has 0 radical (unpaired) electrons. The molecule has 1 N–H and O–H groups in total. The first-order chi connectivity index (χ1) is 13.7. The predicted octanol–water partition coefficient (Wildman–Crippen LogP) is 3.27. The Labute approximate surface area is 164 Å². The third-order valence-electron chi connectivity index (χ3n) is 5.16. The summed E-state index contributed by atoms with van der Waals surface area (Å²) in [5.41, 5.74) is 2.03. The Kier molecular flexibility index (Phi) is 5.24. The molecule has 3 aromatic rings. The van der Waals surface area contributed by atoms with Crippen LogP contribution in [0.4, 0.5) is 5.82 Å². The van der Waals surface area contributed by atoms with Gasteiger partial charge in [-0.05, 0) is 23.3 Å². The van der Waals surface area contributed by atoms with Gasteiger partial charge in [-0.1, -0.05) is 60.7 Å². The minimum Gasteiger partial charge on any atom is -0.506 e. The second-order valence-electron chi connectivity index (χ2n) is 6.94. The van der Waals surface area contributed by atoms with Gasteiger partial charge >= 0.3 is 0 Å². The SMILES string of the molecule is O=C(C(c1ccccc1)c1ccccc1)N1CCN(c2ccc(O)cn2)CC1. The number of aromatic nitrogens is 1. The number of carbonyl (C=O) groups is 1. The van der Waals surface area contributed by atoms with Crippen molar-refractivity contribution in [2.75, 3.05) is 31.1 Å². The number of carbonyl (C=O) groups excluding carboxylic acids is 1. The van der Waals surface area contributed by atoms with E-state index in [1.54, 1.807) is 6.07 Å². The highest BCUT2D eigenvalue weighted by Crippen LogP contribution is 2.27. The van der Waals surface area contributed by atoms with Crippen LogP contribution in [0.5, 0.6) is 5.75 Å². The monoisotopic (exact) mass is 373 g/mol. The molecule has 0 aliphatic carbocycles. The number of aromatic hydroxyl groups is 1. The van der Waals surface area contributed by atoms with E-state index in [9.17, 15) is 9.90 Å². The van der Waals surface area contributed by atoms with Crippen molar-refractivity contribution in [3.63, 3.8) is 0 Å². The summed E-state index contributed by atoms with van der Waals surface area (Å²) in [6.45, 7) is 2.74. The Morgan fingerprint density at radius 1 is 0.821 bits per heavy atom. The third-order valence-corrected chi connectivity index (χ3v) is 5.16. The van der Waals surface area contributed by atoms with E-state index in [2.05, 4.69) is 9.88 Å². The molecular weight excluding hydrogens is 350 g/mol. The Hall–Kier alpha value is -3.34. The number of pyridine rings is 1. The lowest BCUT2D eigenvalue weighted by Crippen LogP contribution is -2.50. The molecule has 2 aromatic carbocycles. The summed E-state index contributed by atoms with van der Waals surface area (Å²) in [5, 5.41) is 9.41. The van der Waals surface area contributed by atoms with Gasteiger partial charge in [0.2, 0.25) is 5.91 Å². The van der Waals surface area contributed by atoms with Gasteiger partial charge in [0, 0.05) is 26.2 Å². The summed E-state index contributed by atoms with van der Waals surface area (Å²) in [6.07, 6.45) is 1.45. The molecule has 0 unspecified atom stereocenters. The summed E-state index contributed by atoms with van der Waals surface area (Å²) >= 11 is 0. The first-order valence-corrected chi connectivity index (χ1v) is 9.51. The smallest absolute Gasteiger partial charge is 0.234 e. The van der Waals surface area contributed by atoms with Gasteiger partial charge in [-0.15, -0.1) is 0 Å². The summed E-state index contributed by atoms with van der Waals surface area (Å²) in [5.74, 6) is 0.829. The largest absolute Gasteiger partial charge is 0.506 e. The minimum atomic E-state index is -0.291. The standard InChI is InChI=1S/C23H23N3O2/c27-20-11-12-21(24-17-20)25-13-15-26(16-14-25)23(28)22(18-7-3-1-4-8-18)19-9-5-2-6-10-19/h1-12,17,22,27H,13-16H2. The molecule has 4 rings (SSSR count). The van der Waals surface area contributed by atoms with E-state index in [0.717, 1.165) is 30.0 Å². The number of piperazine rings is 1. The molecule has 1 aliphatic heterocycles. The average molecular weight is 373 g/mol. The molecule has 0 spiro atoms. The van der Waals surface area contributed by atoms with E-state index in [1.807, 2.05) is 71.6 Å². The zero-order chi connectivity index (χ0) is 19.3. The Bertz CT molecular complexity index is 866. The minimum absolute atomic E-state index is 0.135. The Balaban J connectivity index is 1.51. The molecule has 1 saturated heterocycles. The maximum absolute atomic E-state index is 13.4. The molecule has 0 atom stereocenters. The predicted molar refractivity (Wildman–Crippen MR) is 109 cm³/mol. The number of anilines is 1. The second kappa shape index (κ2) is 8.13. The van der Waals surface area contributed by atoms with E-state index >= 15 is 0 Å². The number of nitrogens with zero attached hydrogens (tertiary/aromatic N) is 3. The van der Waals surface area contributed by atoms with E-state index < -0.39 is 0 Å². The fourth-order valence-corrected chi connectivity index (χ4v) is 3.67. The molecule has 5 nitrogen and oxygen atoms in total. The molecule has 28 heavy (non-hydrogen) atoms. The second-order valence-corrected chi connectivity index (χ2v) is 6.94. The van der Waals surface area contributed by atoms with Crippen LogP contribution in [0.15, 0.2) is 79.0 Å². The lowest BCUT2D eigenvalue weighted by molar-refractivity contribution is -0.132. The zero-order valence-corrected chi connectivity index (χ0v) is 15.6. The lowest BCUT2D eigenvalue weighted by Gasteiger charge is -2.37. The molecular formula is C23H23N3O2. The first kappa shape index (κ1) is 18.0. The van der Waals surface area contributed by atoms with Crippen molar-refractivity contribution in [2.45, 2.75) is 5.92 Å². The number of hydrogen-bond donors (Lipinski definition) is 1. The summed E-state index contributed by atoms with van der Waals surface area (Å²) in [4.78, 5) is 21.8. The summed E-state index contributed by atoms with van der Waals surface area (Å²) in [7, 11) is 0. The van der Waals surface area contributed by atoms with E-state index in [0.29, 0.717) is 13.1 Å². The molecule has 5 heteroatoms. The molecule has 0 bridgehead atoms. The summed E-state index contributed by atoms with van der Waals surface area (Å²) in [6, 6.07) is 23.4. The van der Waals surface area contributed by atoms with Crippen LogP contribution in [-0.4, -0.2) is 47.1 Å². The van der Waals surface area contributed by atoms with Crippen molar-refractivity contribution in [1.29, 1.82) is 0 Å². The van der Waals surface area contributed by atoms with E-state index in [-0.39, 0.29) is 17.6 Å². The van der Waals surface area contributed by atoms with Gasteiger partial charge in [0.1, 0.15) is 11.6 Å². The third kappa shape index (κ3) is 3.83. The maximum Gasteiger partial charge on any atom is 0.234 e. The molecule has 1 amide bonds. The van der Waals surface area contributed by atoms with Crippen molar-refractivity contribution in [3.8, 4) is 5.75 Å². The molecule has 2 heterocycles. The zero-order valence-electron chi connectivity index (χ0n) is 15.6. The fourth-order valence-electron chi connectivity index (χ4n) is 3.67. The fraction of sp³-hybridized carbons (Fsp3) is 0.217. The number of hydrogen-bond acceptors (Lipinski definition) is 4. The normalized spacial score (nSPS) is 14.3. The topological polar surface area (TPSA) is 56.7 Å². The Morgan fingerprint density at radius 3 is 1.89 bits per heavy atom. The van der Waals surface area contributed by atoms with Crippen molar-refractivity contribution in [2.24, 2.45) is 0 Å². The van der Waals surface area contributed by atoms with Gasteiger partial charge < -0.3 is 14.9 Å². The van der Waals surface area contributed by atoms with Crippen LogP contribution in [0.2, 0.25) is 0 Å². The molecule has 1 aromatic heterocycles. The number of rotatable bonds is 4. The summed E-state index contributed by atoms with van der Waals surface area (Å²) < 4.78 is 0. The maximum atomic E-state index is 13.4. The number of benzene rings is 2. The molecule has 1 aliphatic rings. The molecule has 0 saturated carbocycles. The average Bonchev–Trinajstić information content (AvgIpc) is 2.76. The van der Waals surface area contributed by atoms with Crippen molar-refractivity contribution in [1.82, 2.24) is 9.88 Å². The molecule has 1 fully saturated rings.